The van der Waals surface area contributed by atoms with Crippen LogP contribution in [-0.2, 0) is 12.1 Å². The third kappa shape index (κ3) is 2.41. The lowest BCUT2D eigenvalue weighted by Crippen LogP contribution is -2.58. The largest absolute Gasteiger partial charge is 0.361 e. The molecule has 2 aromatic heterocycles. The number of fused-ring (bicyclic) bond motifs is 2. The number of nitrogens with zero attached hydrogens (tertiary/aromatic N) is 4. The van der Waals surface area contributed by atoms with Crippen molar-refractivity contribution in [1.82, 2.24) is 19.9 Å². The minimum absolute atomic E-state index is 0.242. The van der Waals surface area contributed by atoms with E-state index in [9.17, 15) is 14.0 Å². The summed E-state index contributed by atoms with van der Waals surface area (Å²) in [6.07, 6.45) is 3.34. The van der Waals surface area contributed by atoms with Crippen molar-refractivity contribution in [3.05, 3.63) is 82.8 Å². The maximum Gasteiger partial charge on any atom is 0.274 e. The molecule has 0 aliphatic carbocycles. The van der Waals surface area contributed by atoms with E-state index in [0.717, 1.165) is 5.56 Å². The fraction of sp³-hybridized carbons (Fsp3) is 0.238. The fourth-order valence-corrected chi connectivity index (χ4v) is 4.39. The Morgan fingerprint density at radius 1 is 1.21 bits per heavy atom. The predicted octanol–water partition coefficient (Wildman–Crippen LogP) is 2.52. The van der Waals surface area contributed by atoms with Gasteiger partial charge in [0.25, 0.3) is 11.8 Å². The highest BCUT2D eigenvalue weighted by atomic mass is 19.1. The van der Waals surface area contributed by atoms with Crippen LogP contribution in [0, 0.1) is 12.7 Å². The number of pyridine rings is 1. The van der Waals surface area contributed by atoms with Gasteiger partial charge >= 0.3 is 0 Å². The zero-order valence-corrected chi connectivity index (χ0v) is 15.6. The highest BCUT2D eigenvalue weighted by Crippen LogP contribution is 2.45. The molecule has 3 aromatic rings. The summed E-state index contributed by atoms with van der Waals surface area (Å²) in [5, 5.41) is 3.71. The normalized spacial score (nSPS) is 20.6. The summed E-state index contributed by atoms with van der Waals surface area (Å²) < 4.78 is 18.7. The molecule has 1 unspecified atom stereocenters. The third-order valence-electron chi connectivity index (χ3n) is 5.75. The van der Waals surface area contributed by atoms with Crippen molar-refractivity contribution in [2.45, 2.75) is 19.0 Å². The molecule has 1 saturated heterocycles. The van der Waals surface area contributed by atoms with E-state index in [1.54, 1.807) is 41.1 Å². The van der Waals surface area contributed by atoms with Gasteiger partial charge in [0, 0.05) is 25.7 Å². The molecule has 2 aliphatic heterocycles. The van der Waals surface area contributed by atoms with E-state index in [2.05, 4.69) is 10.1 Å². The lowest BCUT2D eigenvalue weighted by Gasteiger charge is -2.46. The van der Waals surface area contributed by atoms with Gasteiger partial charge in [0.2, 0.25) is 0 Å². The van der Waals surface area contributed by atoms with Crippen molar-refractivity contribution < 1.29 is 18.5 Å². The van der Waals surface area contributed by atoms with Gasteiger partial charge < -0.3 is 14.3 Å². The standard InChI is InChI=1S/C21H17FN4O3/c1-13-17(12-24-29-13)19(27)25-9-10-26-20(28)18-14(3-2-8-23-18)11-21(25,26)15-4-6-16(22)7-5-15/h2-8,12H,9-11H2,1H3. The average molecular weight is 392 g/mol. The molecule has 0 radical (unpaired) electrons. The number of amides is 2. The molecule has 0 saturated carbocycles. The van der Waals surface area contributed by atoms with E-state index in [1.807, 2.05) is 6.07 Å². The summed E-state index contributed by atoms with van der Waals surface area (Å²) in [4.78, 5) is 34.3. The van der Waals surface area contributed by atoms with Crippen molar-refractivity contribution in [3.8, 4) is 0 Å². The third-order valence-corrected chi connectivity index (χ3v) is 5.75. The second-order valence-corrected chi connectivity index (χ2v) is 7.22. The average Bonchev–Trinajstić information content (AvgIpc) is 3.33. The number of aromatic nitrogens is 2. The molecule has 1 aromatic carbocycles. The van der Waals surface area contributed by atoms with Gasteiger partial charge in [0.1, 0.15) is 28.5 Å². The Kier molecular flexibility index (Phi) is 3.77. The summed E-state index contributed by atoms with van der Waals surface area (Å²) in [5.41, 5.74) is 1.08. The zero-order chi connectivity index (χ0) is 20.2. The van der Waals surface area contributed by atoms with Crippen molar-refractivity contribution in [3.63, 3.8) is 0 Å². The lowest BCUT2D eigenvalue weighted by atomic mass is 9.85. The molecule has 2 amide bonds. The molecule has 0 N–H and O–H groups in total. The Bertz CT molecular complexity index is 1130. The molecule has 0 bridgehead atoms. The van der Waals surface area contributed by atoms with Gasteiger partial charge in [-0.1, -0.05) is 23.4 Å². The molecule has 7 nitrogen and oxygen atoms in total. The molecule has 29 heavy (non-hydrogen) atoms. The lowest BCUT2D eigenvalue weighted by molar-refractivity contribution is 0.00706. The van der Waals surface area contributed by atoms with E-state index in [4.69, 9.17) is 4.52 Å². The molecule has 0 spiro atoms. The van der Waals surface area contributed by atoms with E-state index >= 15 is 0 Å². The number of benzene rings is 1. The Balaban J connectivity index is 1.71. The molecular formula is C21H17FN4O3. The number of halogens is 1. The van der Waals surface area contributed by atoms with Gasteiger partial charge in [-0.2, -0.15) is 0 Å². The zero-order valence-electron chi connectivity index (χ0n) is 15.6. The number of hydrogen-bond donors (Lipinski definition) is 0. The topological polar surface area (TPSA) is 79.5 Å². The summed E-state index contributed by atoms with van der Waals surface area (Å²) in [5.74, 6) is -0.497. The van der Waals surface area contributed by atoms with Crippen LogP contribution in [0.5, 0.6) is 0 Å². The number of aryl methyl sites for hydroxylation is 1. The SMILES string of the molecule is Cc1oncc1C(=O)N1CCN2C(=O)c3ncccc3CC12c1ccc(F)cc1. The van der Waals surface area contributed by atoms with Gasteiger partial charge in [0.05, 0.1) is 6.20 Å². The highest BCUT2D eigenvalue weighted by molar-refractivity contribution is 5.99. The van der Waals surface area contributed by atoms with E-state index in [-0.39, 0.29) is 17.6 Å². The molecule has 2 aliphatic rings. The molecule has 146 valence electrons. The van der Waals surface area contributed by atoms with Gasteiger partial charge in [-0.25, -0.2) is 4.39 Å². The number of rotatable bonds is 2. The van der Waals surface area contributed by atoms with Crippen molar-refractivity contribution in [2.75, 3.05) is 13.1 Å². The fourth-order valence-electron chi connectivity index (χ4n) is 4.39. The van der Waals surface area contributed by atoms with E-state index < -0.39 is 5.66 Å². The maximum absolute atomic E-state index is 13.7. The number of carbonyl (C=O) groups is 2. The molecule has 5 rings (SSSR count). The summed E-state index contributed by atoms with van der Waals surface area (Å²) >= 11 is 0. The Hall–Kier alpha value is -3.55. The Morgan fingerprint density at radius 3 is 2.72 bits per heavy atom. The first-order chi connectivity index (χ1) is 14.0. The van der Waals surface area contributed by atoms with Gasteiger partial charge in [-0.15, -0.1) is 0 Å². The molecule has 1 atom stereocenters. The first-order valence-corrected chi connectivity index (χ1v) is 9.27. The number of carbonyl (C=O) groups excluding carboxylic acids is 2. The first-order valence-electron chi connectivity index (χ1n) is 9.27. The van der Waals surface area contributed by atoms with Crippen LogP contribution in [0.1, 0.15) is 37.7 Å². The molecular weight excluding hydrogens is 375 g/mol. The summed E-state index contributed by atoms with van der Waals surface area (Å²) in [6, 6.07) is 9.56. The van der Waals surface area contributed by atoms with Crippen molar-refractivity contribution in [1.29, 1.82) is 0 Å². The summed E-state index contributed by atoms with van der Waals surface area (Å²) in [6.45, 7) is 2.35. The molecule has 4 heterocycles. The molecule has 8 heteroatoms. The predicted molar refractivity (Wildman–Crippen MR) is 99.3 cm³/mol. The van der Waals surface area contributed by atoms with Gasteiger partial charge in [0.15, 0.2) is 0 Å². The second-order valence-electron chi connectivity index (χ2n) is 7.22. The quantitative estimate of drug-likeness (QED) is 0.670. The first kappa shape index (κ1) is 17.5. The number of hydrogen-bond acceptors (Lipinski definition) is 5. The van der Waals surface area contributed by atoms with Crippen LogP contribution in [0.4, 0.5) is 4.39 Å². The Labute approximate surface area is 165 Å². The maximum atomic E-state index is 13.7. The second kappa shape index (κ2) is 6.23. The van der Waals surface area contributed by atoms with Crippen LogP contribution < -0.4 is 0 Å². The van der Waals surface area contributed by atoms with Crippen LogP contribution in [0.15, 0.2) is 53.3 Å². The van der Waals surface area contributed by atoms with Crippen LogP contribution in [0.2, 0.25) is 0 Å². The summed E-state index contributed by atoms with van der Waals surface area (Å²) in [7, 11) is 0. The van der Waals surface area contributed by atoms with Crippen LogP contribution in [0.3, 0.4) is 0 Å². The van der Waals surface area contributed by atoms with E-state index in [0.29, 0.717) is 42.1 Å². The van der Waals surface area contributed by atoms with Crippen molar-refractivity contribution in [2.24, 2.45) is 0 Å². The van der Waals surface area contributed by atoms with Gasteiger partial charge in [-0.3, -0.25) is 14.6 Å². The monoisotopic (exact) mass is 392 g/mol. The minimum atomic E-state index is -1.07. The van der Waals surface area contributed by atoms with E-state index in [1.165, 1.54) is 18.3 Å². The Morgan fingerprint density at radius 2 is 2.00 bits per heavy atom. The van der Waals surface area contributed by atoms with Crippen LogP contribution in [0.25, 0.3) is 0 Å². The van der Waals surface area contributed by atoms with Crippen molar-refractivity contribution >= 4 is 11.8 Å². The smallest absolute Gasteiger partial charge is 0.274 e. The minimum Gasteiger partial charge on any atom is -0.361 e. The van der Waals surface area contributed by atoms with Crippen LogP contribution in [-0.4, -0.2) is 44.8 Å². The highest BCUT2D eigenvalue weighted by Gasteiger charge is 2.56. The van der Waals surface area contributed by atoms with Crippen LogP contribution >= 0.6 is 0 Å². The molecule has 1 fully saturated rings. The van der Waals surface area contributed by atoms with Gasteiger partial charge in [-0.05, 0) is 36.2 Å².